The van der Waals surface area contributed by atoms with Gasteiger partial charge in [0.05, 0.1) is 7.11 Å². The molecule has 0 saturated carbocycles. The molecule has 0 aliphatic carbocycles. The van der Waals surface area contributed by atoms with Crippen molar-refractivity contribution in [3.05, 3.63) is 54.1 Å². The summed E-state index contributed by atoms with van der Waals surface area (Å²) >= 11 is 0. The van der Waals surface area contributed by atoms with E-state index in [-0.39, 0.29) is 0 Å². The van der Waals surface area contributed by atoms with Crippen LogP contribution in [0.25, 0.3) is 11.1 Å². The first-order valence-corrected chi connectivity index (χ1v) is 10.6. The third-order valence-electron chi connectivity index (χ3n) is 5.68. The highest BCUT2D eigenvalue weighted by Gasteiger charge is 2.17. The molecule has 3 rings (SSSR count). The molecule has 1 fully saturated rings. The summed E-state index contributed by atoms with van der Waals surface area (Å²) < 4.78 is 5.58. The van der Waals surface area contributed by atoms with E-state index in [4.69, 9.17) is 4.74 Å². The number of nitrogens with one attached hydrogen (secondary N) is 1. The number of piperazine rings is 1. The quantitative estimate of drug-likeness (QED) is 0.716. The second-order valence-electron chi connectivity index (χ2n) is 7.86. The van der Waals surface area contributed by atoms with Crippen LogP contribution >= 0.6 is 0 Å². The van der Waals surface area contributed by atoms with Crippen molar-refractivity contribution in [1.29, 1.82) is 0 Å². The maximum Gasteiger partial charge on any atom is 0.123 e. The fourth-order valence-electron chi connectivity index (χ4n) is 3.97. The van der Waals surface area contributed by atoms with E-state index in [1.54, 1.807) is 7.11 Å². The number of methoxy groups -OCH3 is 1. The molecule has 1 heterocycles. The zero-order valence-corrected chi connectivity index (χ0v) is 17.7. The normalized spacial score (nSPS) is 16.8. The molecule has 28 heavy (non-hydrogen) atoms. The number of ether oxygens (including phenoxy) is 1. The molecule has 0 amide bonds. The van der Waals surface area contributed by atoms with Crippen LogP contribution in [0.1, 0.15) is 19.4 Å². The SMILES string of the molecule is CCN1CCN(CC(C)CNCc2cc(-c3ccccc3)ccc2OC)CC1. The first-order chi connectivity index (χ1) is 13.7. The molecule has 1 saturated heterocycles. The molecule has 2 aromatic carbocycles. The highest BCUT2D eigenvalue weighted by atomic mass is 16.5. The molecule has 1 aliphatic rings. The highest BCUT2D eigenvalue weighted by Crippen LogP contribution is 2.26. The highest BCUT2D eigenvalue weighted by molar-refractivity contribution is 5.65. The Labute approximate surface area is 170 Å². The predicted molar refractivity (Wildman–Crippen MR) is 118 cm³/mol. The first-order valence-electron chi connectivity index (χ1n) is 10.6. The number of benzene rings is 2. The van der Waals surface area contributed by atoms with Crippen LogP contribution in [0.3, 0.4) is 0 Å². The van der Waals surface area contributed by atoms with Crippen LogP contribution in [0.5, 0.6) is 5.75 Å². The van der Waals surface area contributed by atoms with Gasteiger partial charge in [-0.05, 0) is 42.3 Å². The molecule has 152 valence electrons. The van der Waals surface area contributed by atoms with Gasteiger partial charge in [-0.25, -0.2) is 0 Å². The van der Waals surface area contributed by atoms with Crippen LogP contribution in [-0.2, 0) is 6.54 Å². The van der Waals surface area contributed by atoms with E-state index >= 15 is 0 Å². The van der Waals surface area contributed by atoms with Gasteiger partial charge in [-0.3, -0.25) is 0 Å². The van der Waals surface area contributed by atoms with E-state index in [9.17, 15) is 0 Å². The molecule has 0 bridgehead atoms. The molecule has 2 aromatic rings. The summed E-state index contributed by atoms with van der Waals surface area (Å²) in [4.78, 5) is 5.14. The maximum absolute atomic E-state index is 5.58. The Morgan fingerprint density at radius 3 is 2.36 bits per heavy atom. The van der Waals surface area contributed by atoms with Gasteiger partial charge in [-0.2, -0.15) is 0 Å². The Morgan fingerprint density at radius 2 is 1.68 bits per heavy atom. The van der Waals surface area contributed by atoms with E-state index in [2.05, 4.69) is 77.5 Å². The molecule has 1 atom stereocenters. The summed E-state index contributed by atoms with van der Waals surface area (Å²) in [5, 5.41) is 3.65. The van der Waals surface area contributed by atoms with E-state index in [0.717, 1.165) is 18.8 Å². The molecule has 1 aliphatic heterocycles. The number of hydrogen-bond acceptors (Lipinski definition) is 4. The second kappa shape index (κ2) is 10.6. The van der Waals surface area contributed by atoms with Gasteiger partial charge in [-0.1, -0.05) is 50.2 Å². The maximum atomic E-state index is 5.58. The summed E-state index contributed by atoms with van der Waals surface area (Å²) in [5.41, 5.74) is 3.69. The van der Waals surface area contributed by atoms with E-state index < -0.39 is 0 Å². The van der Waals surface area contributed by atoms with Crippen LogP contribution in [0.15, 0.2) is 48.5 Å². The third-order valence-corrected chi connectivity index (χ3v) is 5.68. The van der Waals surface area contributed by atoms with E-state index in [1.165, 1.54) is 56.0 Å². The van der Waals surface area contributed by atoms with Crippen molar-refractivity contribution in [2.45, 2.75) is 20.4 Å². The molecule has 4 heteroatoms. The van der Waals surface area contributed by atoms with Crippen molar-refractivity contribution in [2.75, 3.05) is 52.9 Å². The summed E-state index contributed by atoms with van der Waals surface area (Å²) in [6, 6.07) is 17.0. The van der Waals surface area contributed by atoms with Gasteiger partial charge in [0, 0.05) is 44.8 Å². The van der Waals surface area contributed by atoms with Crippen molar-refractivity contribution in [1.82, 2.24) is 15.1 Å². The zero-order valence-electron chi connectivity index (χ0n) is 17.7. The smallest absolute Gasteiger partial charge is 0.123 e. The van der Waals surface area contributed by atoms with Crippen LogP contribution in [0.2, 0.25) is 0 Å². The molecule has 0 aromatic heterocycles. The van der Waals surface area contributed by atoms with Crippen LogP contribution in [-0.4, -0.2) is 62.7 Å². The lowest BCUT2D eigenvalue weighted by atomic mass is 10.0. The summed E-state index contributed by atoms with van der Waals surface area (Å²) in [7, 11) is 1.75. The largest absolute Gasteiger partial charge is 0.496 e. The number of rotatable bonds is 9. The van der Waals surface area contributed by atoms with Crippen molar-refractivity contribution in [3.63, 3.8) is 0 Å². The van der Waals surface area contributed by atoms with Crippen molar-refractivity contribution < 1.29 is 4.74 Å². The second-order valence-corrected chi connectivity index (χ2v) is 7.86. The fourth-order valence-corrected chi connectivity index (χ4v) is 3.97. The number of hydrogen-bond donors (Lipinski definition) is 1. The molecule has 0 radical (unpaired) electrons. The lowest BCUT2D eigenvalue weighted by molar-refractivity contribution is 0.124. The number of likely N-dealkylation sites (N-methyl/N-ethyl adjacent to an activating group) is 1. The Kier molecular flexibility index (Phi) is 7.90. The Balaban J connectivity index is 1.51. The van der Waals surface area contributed by atoms with Gasteiger partial charge >= 0.3 is 0 Å². The standard InChI is InChI=1S/C24H35N3O/c1-4-26-12-14-27(15-13-26)19-20(2)17-25-18-23-16-22(10-11-24(23)28-3)21-8-6-5-7-9-21/h5-11,16,20,25H,4,12-15,17-19H2,1-3H3. The van der Waals surface area contributed by atoms with Crippen LogP contribution < -0.4 is 10.1 Å². The molecular weight excluding hydrogens is 346 g/mol. The van der Waals surface area contributed by atoms with Gasteiger partial charge in [0.15, 0.2) is 0 Å². The van der Waals surface area contributed by atoms with Crippen molar-refractivity contribution in [3.8, 4) is 16.9 Å². The first kappa shape index (κ1) is 20.8. The minimum atomic E-state index is 0.636. The lowest BCUT2D eigenvalue weighted by Gasteiger charge is -2.35. The summed E-state index contributed by atoms with van der Waals surface area (Å²) in [5.74, 6) is 1.59. The molecule has 1 N–H and O–H groups in total. The van der Waals surface area contributed by atoms with Gasteiger partial charge in [0.25, 0.3) is 0 Å². The average molecular weight is 382 g/mol. The van der Waals surface area contributed by atoms with E-state index in [0.29, 0.717) is 5.92 Å². The Hall–Kier alpha value is -1.88. The Bertz CT molecular complexity index is 711. The van der Waals surface area contributed by atoms with Gasteiger partial charge < -0.3 is 19.9 Å². The Morgan fingerprint density at radius 1 is 0.964 bits per heavy atom. The molecule has 1 unspecified atom stereocenters. The van der Waals surface area contributed by atoms with Crippen LogP contribution in [0, 0.1) is 5.92 Å². The zero-order chi connectivity index (χ0) is 19.8. The molecular formula is C24H35N3O. The van der Waals surface area contributed by atoms with Crippen LogP contribution in [0.4, 0.5) is 0 Å². The monoisotopic (exact) mass is 381 g/mol. The van der Waals surface area contributed by atoms with E-state index in [1.807, 2.05) is 0 Å². The number of nitrogens with zero attached hydrogens (tertiary/aromatic N) is 2. The minimum absolute atomic E-state index is 0.636. The summed E-state index contributed by atoms with van der Waals surface area (Å²) in [6.45, 7) is 13.6. The van der Waals surface area contributed by atoms with Gasteiger partial charge in [-0.15, -0.1) is 0 Å². The predicted octanol–water partition coefficient (Wildman–Crippen LogP) is 3.73. The molecule has 4 nitrogen and oxygen atoms in total. The fraction of sp³-hybridized carbons (Fsp3) is 0.500. The van der Waals surface area contributed by atoms with Crippen molar-refractivity contribution >= 4 is 0 Å². The lowest BCUT2D eigenvalue weighted by Crippen LogP contribution is -2.48. The molecule has 0 spiro atoms. The summed E-state index contributed by atoms with van der Waals surface area (Å²) in [6.07, 6.45) is 0. The van der Waals surface area contributed by atoms with Gasteiger partial charge in [0.2, 0.25) is 0 Å². The average Bonchev–Trinajstić information content (AvgIpc) is 2.75. The topological polar surface area (TPSA) is 27.7 Å². The third kappa shape index (κ3) is 5.81. The van der Waals surface area contributed by atoms with Gasteiger partial charge in [0.1, 0.15) is 5.75 Å². The van der Waals surface area contributed by atoms with Crippen molar-refractivity contribution in [2.24, 2.45) is 5.92 Å². The minimum Gasteiger partial charge on any atom is -0.496 e.